The van der Waals surface area contributed by atoms with Crippen LogP contribution in [0.3, 0.4) is 0 Å². The molecule has 0 radical (unpaired) electrons. The van der Waals surface area contributed by atoms with Gasteiger partial charge in [-0.15, -0.1) is 0 Å². The average Bonchev–Trinajstić information content (AvgIpc) is 3.01. The topological polar surface area (TPSA) is 93.0 Å². The van der Waals surface area contributed by atoms with Gasteiger partial charge in [0.25, 0.3) is 17.5 Å². The van der Waals surface area contributed by atoms with Crippen LogP contribution in [0.1, 0.15) is 51.0 Å². The Bertz CT molecular complexity index is 813. The lowest BCUT2D eigenvalue weighted by molar-refractivity contribution is -0.384. The molecule has 2 amide bonds. The smallest absolute Gasteiger partial charge is 0.277 e. The maximum absolute atomic E-state index is 13.2. The lowest BCUT2D eigenvalue weighted by atomic mass is 10.0. The third-order valence-corrected chi connectivity index (χ3v) is 5.57. The Morgan fingerprint density at radius 2 is 1.60 bits per heavy atom. The van der Waals surface area contributed by atoms with Crippen LogP contribution >= 0.6 is 0 Å². The second-order valence-corrected chi connectivity index (χ2v) is 7.66. The Labute approximate surface area is 176 Å². The number of carbonyl (C=O) groups excluding carboxylic acids is 2. The van der Waals surface area contributed by atoms with Crippen LogP contribution in [0.25, 0.3) is 5.57 Å². The summed E-state index contributed by atoms with van der Waals surface area (Å²) >= 11 is 0. The summed E-state index contributed by atoms with van der Waals surface area (Å²) in [5.74, 6) is -0.590. The third kappa shape index (κ3) is 4.87. The molecule has 8 heteroatoms. The number of imide groups is 1. The minimum Gasteiger partial charge on any atom is -0.378 e. The molecule has 2 heterocycles. The van der Waals surface area contributed by atoms with Crippen LogP contribution in [0.4, 0.5) is 5.69 Å². The Morgan fingerprint density at radius 3 is 2.23 bits per heavy atom. The summed E-state index contributed by atoms with van der Waals surface area (Å²) in [4.78, 5) is 40.1. The number of hydrogen-bond donors (Lipinski definition) is 0. The fourth-order valence-corrected chi connectivity index (χ4v) is 3.91. The van der Waals surface area contributed by atoms with Crippen LogP contribution in [0.15, 0.2) is 30.0 Å². The zero-order valence-electron chi connectivity index (χ0n) is 17.5. The van der Waals surface area contributed by atoms with Crippen molar-refractivity contribution in [1.82, 2.24) is 9.80 Å². The average molecular weight is 415 g/mol. The molecule has 0 saturated carbocycles. The van der Waals surface area contributed by atoms with E-state index in [9.17, 15) is 19.7 Å². The first-order chi connectivity index (χ1) is 14.5. The number of ether oxygens (including phenoxy) is 1. The van der Waals surface area contributed by atoms with Crippen molar-refractivity contribution in [2.75, 3.05) is 32.8 Å². The SMILES string of the molecule is CCCCCCCCN1C(=O)C(c2ccc([N+](=O)[O-])cc2)=C(N2CCOCC2)C1=O. The molecule has 8 nitrogen and oxygen atoms in total. The first-order valence-electron chi connectivity index (χ1n) is 10.7. The van der Waals surface area contributed by atoms with E-state index in [1.807, 2.05) is 4.90 Å². The first kappa shape index (κ1) is 22.0. The van der Waals surface area contributed by atoms with E-state index in [1.165, 1.54) is 36.3 Å². The van der Waals surface area contributed by atoms with Gasteiger partial charge >= 0.3 is 0 Å². The highest BCUT2D eigenvalue weighted by molar-refractivity contribution is 6.35. The molecule has 3 rings (SSSR count). The van der Waals surface area contributed by atoms with Crippen molar-refractivity contribution in [3.05, 3.63) is 45.6 Å². The minimum absolute atomic E-state index is 0.0482. The molecule has 1 aromatic carbocycles. The summed E-state index contributed by atoms with van der Waals surface area (Å²) in [5, 5.41) is 11.0. The van der Waals surface area contributed by atoms with Crippen LogP contribution < -0.4 is 0 Å². The zero-order valence-corrected chi connectivity index (χ0v) is 17.5. The molecular weight excluding hydrogens is 386 g/mol. The first-order valence-corrected chi connectivity index (χ1v) is 10.7. The van der Waals surface area contributed by atoms with E-state index in [2.05, 4.69) is 6.92 Å². The van der Waals surface area contributed by atoms with Gasteiger partial charge in [-0.05, 0) is 24.1 Å². The van der Waals surface area contributed by atoms with Crippen LogP contribution in [0.2, 0.25) is 0 Å². The highest BCUT2D eigenvalue weighted by atomic mass is 16.6. The van der Waals surface area contributed by atoms with Crippen LogP contribution in [-0.2, 0) is 14.3 Å². The lowest BCUT2D eigenvalue weighted by Crippen LogP contribution is -2.40. The van der Waals surface area contributed by atoms with E-state index in [4.69, 9.17) is 4.74 Å². The second-order valence-electron chi connectivity index (χ2n) is 7.66. The second kappa shape index (κ2) is 10.3. The van der Waals surface area contributed by atoms with Crippen LogP contribution in [0, 0.1) is 10.1 Å². The van der Waals surface area contributed by atoms with Crippen molar-refractivity contribution in [2.24, 2.45) is 0 Å². The molecular formula is C22H29N3O5. The summed E-state index contributed by atoms with van der Waals surface area (Å²) in [6, 6.07) is 5.83. The number of rotatable bonds is 10. The van der Waals surface area contributed by atoms with E-state index < -0.39 is 4.92 Å². The molecule has 0 aliphatic carbocycles. The van der Waals surface area contributed by atoms with Gasteiger partial charge in [0.05, 0.1) is 23.7 Å². The monoisotopic (exact) mass is 415 g/mol. The van der Waals surface area contributed by atoms with Gasteiger partial charge in [-0.2, -0.15) is 0 Å². The normalized spacial score (nSPS) is 17.2. The zero-order chi connectivity index (χ0) is 21.5. The number of hydrogen-bond acceptors (Lipinski definition) is 6. The van der Waals surface area contributed by atoms with E-state index in [-0.39, 0.29) is 17.5 Å². The van der Waals surface area contributed by atoms with Gasteiger partial charge in [0.15, 0.2) is 0 Å². The third-order valence-electron chi connectivity index (χ3n) is 5.57. The molecule has 0 bridgehead atoms. The van der Waals surface area contributed by atoms with Gasteiger partial charge in [-0.1, -0.05) is 39.0 Å². The van der Waals surface area contributed by atoms with Gasteiger partial charge in [-0.3, -0.25) is 24.6 Å². The van der Waals surface area contributed by atoms with E-state index >= 15 is 0 Å². The van der Waals surface area contributed by atoms with Gasteiger partial charge in [0.1, 0.15) is 5.70 Å². The maximum atomic E-state index is 13.2. The quantitative estimate of drug-likeness (QED) is 0.252. The molecule has 2 aliphatic rings. The Kier molecular flexibility index (Phi) is 7.57. The summed E-state index contributed by atoms with van der Waals surface area (Å²) in [7, 11) is 0. The molecule has 30 heavy (non-hydrogen) atoms. The predicted octanol–water partition coefficient (Wildman–Crippen LogP) is 3.37. The molecule has 1 fully saturated rings. The van der Waals surface area contributed by atoms with Gasteiger partial charge in [0, 0.05) is 31.8 Å². The number of non-ortho nitro benzene ring substituents is 1. The molecule has 1 saturated heterocycles. The molecule has 0 spiro atoms. The number of nitrogens with zero attached hydrogens (tertiary/aromatic N) is 3. The number of nitro benzene ring substituents is 1. The maximum Gasteiger partial charge on any atom is 0.277 e. The Balaban J connectivity index is 1.81. The fraction of sp³-hybridized carbons (Fsp3) is 0.545. The number of amides is 2. The van der Waals surface area contributed by atoms with E-state index in [1.54, 1.807) is 12.1 Å². The lowest BCUT2D eigenvalue weighted by Gasteiger charge is -2.29. The van der Waals surface area contributed by atoms with Crippen LogP contribution in [-0.4, -0.2) is 59.4 Å². The van der Waals surface area contributed by atoms with Crippen LogP contribution in [0.5, 0.6) is 0 Å². The van der Waals surface area contributed by atoms with E-state index in [0.29, 0.717) is 49.7 Å². The summed E-state index contributed by atoms with van der Waals surface area (Å²) < 4.78 is 5.39. The van der Waals surface area contributed by atoms with Crippen molar-refractivity contribution in [2.45, 2.75) is 45.4 Å². The molecule has 2 aliphatic heterocycles. The molecule has 1 aromatic rings. The highest BCUT2D eigenvalue weighted by Gasteiger charge is 2.41. The van der Waals surface area contributed by atoms with Crippen molar-refractivity contribution in [3.8, 4) is 0 Å². The van der Waals surface area contributed by atoms with Crippen molar-refractivity contribution < 1.29 is 19.2 Å². The van der Waals surface area contributed by atoms with Crippen molar-refractivity contribution >= 4 is 23.1 Å². The van der Waals surface area contributed by atoms with E-state index in [0.717, 1.165) is 19.3 Å². The Hall–Kier alpha value is -2.74. The standard InChI is InChI=1S/C22H29N3O5/c1-2-3-4-5-6-7-12-24-21(26)19(17-8-10-18(11-9-17)25(28)29)20(22(24)27)23-13-15-30-16-14-23/h8-11H,2-7,12-16H2,1H3. The Morgan fingerprint density at radius 1 is 0.967 bits per heavy atom. The molecule has 0 atom stereocenters. The number of morpholine rings is 1. The van der Waals surface area contributed by atoms with Gasteiger partial charge < -0.3 is 9.64 Å². The number of carbonyl (C=O) groups is 2. The number of unbranched alkanes of at least 4 members (excludes halogenated alkanes) is 5. The molecule has 162 valence electrons. The van der Waals surface area contributed by atoms with Crippen molar-refractivity contribution in [3.63, 3.8) is 0 Å². The number of benzene rings is 1. The minimum atomic E-state index is -0.479. The molecule has 0 N–H and O–H groups in total. The summed E-state index contributed by atoms with van der Waals surface area (Å²) in [6.07, 6.45) is 6.41. The number of nitro groups is 1. The summed E-state index contributed by atoms with van der Waals surface area (Å²) in [5.41, 5.74) is 1.21. The predicted molar refractivity (Wildman–Crippen MR) is 113 cm³/mol. The molecule has 0 aromatic heterocycles. The fourth-order valence-electron chi connectivity index (χ4n) is 3.91. The van der Waals surface area contributed by atoms with Gasteiger partial charge in [-0.25, -0.2) is 0 Å². The van der Waals surface area contributed by atoms with Gasteiger partial charge in [0.2, 0.25) is 0 Å². The summed E-state index contributed by atoms with van der Waals surface area (Å²) in [6.45, 7) is 4.63. The van der Waals surface area contributed by atoms with Crippen molar-refractivity contribution in [1.29, 1.82) is 0 Å². The highest BCUT2D eigenvalue weighted by Crippen LogP contribution is 2.33. The molecule has 0 unspecified atom stereocenters. The largest absolute Gasteiger partial charge is 0.378 e.